The van der Waals surface area contributed by atoms with Crippen LogP contribution < -0.4 is 16.1 Å². The van der Waals surface area contributed by atoms with Gasteiger partial charge >= 0.3 is 6.03 Å². The van der Waals surface area contributed by atoms with Crippen molar-refractivity contribution in [2.45, 2.75) is 65.0 Å². The molecule has 3 N–H and O–H groups in total. The van der Waals surface area contributed by atoms with E-state index in [1.807, 2.05) is 88.4 Å². The van der Waals surface area contributed by atoms with Gasteiger partial charge in [-0.3, -0.25) is 19.9 Å². The Hall–Kier alpha value is -3.84. The van der Waals surface area contributed by atoms with E-state index in [1.165, 1.54) is 9.91 Å². The van der Waals surface area contributed by atoms with Crippen LogP contribution >= 0.6 is 11.6 Å². The zero-order valence-corrected chi connectivity index (χ0v) is 24.2. The number of hydrogen-bond acceptors (Lipinski definition) is 3. The molecule has 1 heterocycles. The SMILES string of the molecule is Cc1cccc(N(C(N)=O)C2CC(c3ccccc3)CC(c3ccc(Cl)cc3)N(NC(=O)CC(C)(C)C)C2=O)c1. The predicted molar refractivity (Wildman–Crippen MR) is 159 cm³/mol. The van der Waals surface area contributed by atoms with Gasteiger partial charge in [-0.1, -0.05) is 87.0 Å². The summed E-state index contributed by atoms with van der Waals surface area (Å²) in [6, 6.07) is 22.4. The number of hydrazine groups is 1. The van der Waals surface area contributed by atoms with E-state index in [-0.39, 0.29) is 23.7 Å². The van der Waals surface area contributed by atoms with Gasteiger partial charge in [-0.25, -0.2) is 9.80 Å². The summed E-state index contributed by atoms with van der Waals surface area (Å²) in [4.78, 5) is 42.1. The fraction of sp³-hybridized carbons (Fsp3) is 0.344. The maximum absolute atomic E-state index is 14.5. The molecule has 1 fully saturated rings. The third-order valence-corrected chi connectivity index (χ3v) is 7.39. The fourth-order valence-corrected chi connectivity index (χ4v) is 5.49. The molecule has 40 heavy (non-hydrogen) atoms. The summed E-state index contributed by atoms with van der Waals surface area (Å²) < 4.78 is 0. The van der Waals surface area contributed by atoms with Crippen molar-refractivity contribution in [2.75, 3.05) is 4.90 Å². The summed E-state index contributed by atoms with van der Waals surface area (Å²) in [5.41, 5.74) is 11.9. The highest BCUT2D eigenvalue weighted by molar-refractivity contribution is 6.30. The van der Waals surface area contributed by atoms with Crippen LogP contribution in [0.2, 0.25) is 5.02 Å². The van der Waals surface area contributed by atoms with Crippen molar-refractivity contribution in [3.8, 4) is 0 Å². The van der Waals surface area contributed by atoms with E-state index in [0.29, 0.717) is 23.6 Å². The minimum atomic E-state index is -0.947. The third kappa shape index (κ3) is 7.02. The Balaban J connectivity index is 1.86. The molecule has 1 aliphatic rings. The van der Waals surface area contributed by atoms with Crippen molar-refractivity contribution < 1.29 is 14.4 Å². The van der Waals surface area contributed by atoms with Gasteiger partial charge in [-0.15, -0.1) is 0 Å². The van der Waals surface area contributed by atoms with Crippen molar-refractivity contribution in [3.05, 3.63) is 101 Å². The molecule has 3 aromatic carbocycles. The van der Waals surface area contributed by atoms with Crippen LogP contribution in [0.15, 0.2) is 78.9 Å². The lowest BCUT2D eigenvalue weighted by Gasteiger charge is -2.35. The summed E-state index contributed by atoms with van der Waals surface area (Å²) in [7, 11) is 0. The fourth-order valence-electron chi connectivity index (χ4n) is 5.37. The Morgan fingerprint density at radius 3 is 2.25 bits per heavy atom. The van der Waals surface area contributed by atoms with Gasteiger partial charge < -0.3 is 5.73 Å². The maximum Gasteiger partial charge on any atom is 0.320 e. The molecule has 3 atom stereocenters. The summed E-state index contributed by atoms with van der Waals surface area (Å²) in [5, 5.41) is 1.99. The minimum absolute atomic E-state index is 0.119. The molecule has 210 valence electrons. The number of benzene rings is 3. The molecule has 1 saturated heterocycles. The summed E-state index contributed by atoms with van der Waals surface area (Å²) in [5.74, 6) is -0.800. The number of halogens is 1. The summed E-state index contributed by atoms with van der Waals surface area (Å²) >= 11 is 6.20. The topological polar surface area (TPSA) is 95.7 Å². The molecule has 0 bridgehead atoms. The number of rotatable bonds is 6. The quantitative estimate of drug-likeness (QED) is 0.359. The van der Waals surface area contributed by atoms with Gasteiger partial charge in [0, 0.05) is 17.1 Å². The lowest BCUT2D eigenvalue weighted by atomic mass is 9.86. The van der Waals surface area contributed by atoms with Crippen LogP contribution in [0.1, 0.15) is 68.7 Å². The van der Waals surface area contributed by atoms with Gasteiger partial charge in [0.25, 0.3) is 5.91 Å². The van der Waals surface area contributed by atoms with E-state index in [9.17, 15) is 14.4 Å². The molecule has 0 saturated carbocycles. The van der Waals surface area contributed by atoms with Gasteiger partial charge in [-0.2, -0.15) is 0 Å². The number of amides is 4. The summed E-state index contributed by atoms with van der Waals surface area (Å²) in [6.07, 6.45) is 1.06. The Morgan fingerprint density at radius 1 is 0.975 bits per heavy atom. The molecule has 4 rings (SSSR count). The normalized spacial score (nSPS) is 19.6. The highest BCUT2D eigenvalue weighted by Gasteiger charge is 2.43. The molecule has 4 amide bonds. The first kappa shape index (κ1) is 29.2. The van der Waals surface area contributed by atoms with Crippen LogP contribution in [0.5, 0.6) is 0 Å². The summed E-state index contributed by atoms with van der Waals surface area (Å²) in [6.45, 7) is 7.82. The van der Waals surface area contributed by atoms with Crippen LogP contribution in [-0.2, 0) is 9.59 Å². The number of carbonyl (C=O) groups excluding carboxylic acids is 3. The molecular weight excluding hydrogens is 524 g/mol. The van der Waals surface area contributed by atoms with Crippen molar-refractivity contribution in [3.63, 3.8) is 0 Å². The monoisotopic (exact) mass is 560 g/mol. The number of primary amides is 1. The van der Waals surface area contributed by atoms with Gasteiger partial charge in [0.2, 0.25) is 5.91 Å². The number of nitrogens with two attached hydrogens (primary N) is 1. The second-order valence-electron chi connectivity index (χ2n) is 11.7. The average Bonchev–Trinajstić information content (AvgIpc) is 3.01. The Labute approximate surface area is 241 Å². The van der Waals surface area contributed by atoms with Crippen LogP contribution in [-0.4, -0.2) is 28.9 Å². The standard InChI is InChI=1S/C32H37ClN4O3/c1-21-9-8-12-26(17-21)36(31(34)40)28-19-24(22-10-6-5-7-11-22)18-27(23-13-15-25(33)16-14-23)37(30(28)39)35-29(38)20-32(2,3)4/h5-17,24,27-28H,18-20H2,1-4H3,(H2,34,40)(H,35,38). The second kappa shape index (κ2) is 12.1. The van der Waals surface area contributed by atoms with E-state index in [4.69, 9.17) is 17.3 Å². The highest BCUT2D eigenvalue weighted by atomic mass is 35.5. The highest BCUT2D eigenvalue weighted by Crippen LogP contribution is 2.41. The molecule has 0 aromatic heterocycles. The Kier molecular flexibility index (Phi) is 8.84. The zero-order valence-electron chi connectivity index (χ0n) is 23.4. The number of carbonyl (C=O) groups is 3. The largest absolute Gasteiger partial charge is 0.351 e. The van der Waals surface area contributed by atoms with Crippen molar-refractivity contribution in [1.29, 1.82) is 0 Å². The number of urea groups is 1. The number of anilines is 1. The maximum atomic E-state index is 14.5. The molecule has 3 unspecified atom stereocenters. The van der Waals surface area contributed by atoms with Crippen LogP contribution in [0, 0.1) is 12.3 Å². The molecule has 1 aliphatic heterocycles. The van der Waals surface area contributed by atoms with Crippen molar-refractivity contribution in [2.24, 2.45) is 11.1 Å². The van der Waals surface area contributed by atoms with Gasteiger partial charge in [0.1, 0.15) is 6.04 Å². The zero-order chi connectivity index (χ0) is 29.0. The van der Waals surface area contributed by atoms with Crippen molar-refractivity contribution >= 4 is 35.1 Å². The minimum Gasteiger partial charge on any atom is -0.351 e. The van der Waals surface area contributed by atoms with Crippen molar-refractivity contribution in [1.82, 2.24) is 10.4 Å². The van der Waals surface area contributed by atoms with E-state index in [1.54, 1.807) is 18.2 Å². The third-order valence-electron chi connectivity index (χ3n) is 7.14. The molecule has 8 heteroatoms. The Morgan fingerprint density at radius 2 is 1.65 bits per heavy atom. The van der Waals surface area contributed by atoms with Gasteiger partial charge in [0.05, 0.1) is 6.04 Å². The van der Waals surface area contributed by atoms with Crippen LogP contribution in [0.4, 0.5) is 10.5 Å². The molecule has 0 spiro atoms. The lowest BCUT2D eigenvalue weighted by Crippen LogP contribution is -2.57. The predicted octanol–water partition coefficient (Wildman–Crippen LogP) is 6.52. The first-order valence-corrected chi connectivity index (χ1v) is 13.9. The van der Waals surface area contributed by atoms with Crippen LogP contribution in [0.25, 0.3) is 0 Å². The number of aryl methyl sites for hydroxylation is 1. The first-order chi connectivity index (χ1) is 18.9. The smallest absolute Gasteiger partial charge is 0.320 e. The molecule has 7 nitrogen and oxygen atoms in total. The van der Waals surface area contributed by atoms with Gasteiger partial charge in [0.15, 0.2) is 0 Å². The second-order valence-corrected chi connectivity index (χ2v) is 12.1. The lowest BCUT2D eigenvalue weighted by molar-refractivity contribution is -0.145. The van der Waals surface area contributed by atoms with E-state index >= 15 is 0 Å². The van der Waals surface area contributed by atoms with E-state index in [2.05, 4.69) is 5.43 Å². The van der Waals surface area contributed by atoms with Crippen LogP contribution in [0.3, 0.4) is 0 Å². The molecule has 0 aliphatic carbocycles. The number of nitrogens with zero attached hydrogens (tertiary/aromatic N) is 2. The van der Waals surface area contributed by atoms with E-state index < -0.39 is 24.0 Å². The van der Waals surface area contributed by atoms with Gasteiger partial charge in [-0.05, 0) is 72.1 Å². The van der Waals surface area contributed by atoms with E-state index in [0.717, 1.165) is 16.7 Å². The molecule has 0 radical (unpaired) electrons. The number of nitrogens with one attached hydrogen (secondary N) is 1. The first-order valence-electron chi connectivity index (χ1n) is 13.5. The Bertz CT molecular complexity index is 1350. The molecular formula is C32H37ClN4O3. The number of hydrogen-bond donors (Lipinski definition) is 2. The molecule has 3 aromatic rings. The average molecular weight is 561 g/mol.